The number of rotatable bonds is 5. The lowest BCUT2D eigenvalue weighted by molar-refractivity contribution is 0.588. The quantitative estimate of drug-likeness (QED) is 0.763. The molecule has 0 radical (unpaired) electrons. The smallest absolute Gasteiger partial charge is 0.0946 e. The number of thioether (sulfide) groups is 2. The molecule has 0 aliphatic carbocycles. The topological polar surface area (TPSA) is 17.8 Å². The van der Waals surface area contributed by atoms with E-state index in [1.54, 1.807) is 0 Å². The molecule has 0 unspecified atom stereocenters. The van der Waals surface area contributed by atoms with Crippen LogP contribution in [0.1, 0.15) is 30.0 Å². The molecule has 0 atom stereocenters. The molecule has 0 spiro atoms. The summed E-state index contributed by atoms with van der Waals surface area (Å²) in [5, 5.41) is 0. The molecule has 1 aromatic heterocycles. The van der Waals surface area contributed by atoms with Crippen molar-refractivity contribution < 1.29 is 0 Å². The zero-order chi connectivity index (χ0) is 16.3. The predicted octanol–water partition coefficient (Wildman–Crippen LogP) is 4.95. The van der Waals surface area contributed by atoms with Crippen molar-refractivity contribution >= 4 is 23.5 Å². The van der Waals surface area contributed by atoms with E-state index in [0.29, 0.717) is 0 Å². The largest absolute Gasteiger partial charge is 0.335 e. The molecule has 1 aliphatic rings. The number of hydrogen-bond acceptors (Lipinski definition) is 3. The first-order valence-electron chi connectivity index (χ1n) is 8.39. The molecule has 23 heavy (non-hydrogen) atoms. The molecule has 1 aliphatic heterocycles. The second-order valence-electron chi connectivity index (χ2n) is 6.71. The van der Waals surface area contributed by atoms with E-state index in [1.165, 1.54) is 34.6 Å². The van der Waals surface area contributed by atoms with Gasteiger partial charge in [0.25, 0.3) is 0 Å². The average Bonchev–Trinajstić information content (AvgIpc) is 2.99. The van der Waals surface area contributed by atoms with Gasteiger partial charge in [-0.3, -0.25) is 0 Å². The number of hydrogen-bond donors (Lipinski definition) is 0. The van der Waals surface area contributed by atoms with Gasteiger partial charge in [0.2, 0.25) is 0 Å². The van der Waals surface area contributed by atoms with Crippen LogP contribution in [0.3, 0.4) is 0 Å². The Labute approximate surface area is 148 Å². The van der Waals surface area contributed by atoms with Crippen LogP contribution in [0.25, 0.3) is 0 Å². The van der Waals surface area contributed by atoms with Crippen LogP contribution >= 0.6 is 23.5 Å². The second kappa shape index (κ2) is 7.35. The van der Waals surface area contributed by atoms with Crippen LogP contribution in [0.2, 0.25) is 0 Å². The molecule has 124 valence electrons. The van der Waals surface area contributed by atoms with Gasteiger partial charge in [-0.15, -0.1) is 23.5 Å². The Hall–Kier alpha value is -0.870. The lowest BCUT2D eigenvalue weighted by Gasteiger charge is -2.39. The van der Waals surface area contributed by atoms with Crippen LogP contribution in [0.4, 0.5) is 0 Å². The fraction of sp³-hybridized carbons (Fsp3) is 0.526. The Balaban J connectivity index is 1.82. The zero-order valence-corrected chi connectivity index (χ0v) is 15.9. The molecular weight excluding hydrogens is 320 g/mol. The maximum Gasteiger partial charge on any atom is 0.0946 e. The Morgan fingerprint density at radius 3 is 2.43 bits per heavy atom. The molecule has 2 nitrogen and oxygen atoms in total. The van der Waals surface area contributed by atoms with E-state index in [4.69, 9.17) is 0 Å². The van der Waals surface area contributed by atoms with Crippen molar-refractivity contribution in [2.75, 3.05) is 11.5 Å². The van der Waals surface area contributed by atoms with Gasteiger partial charge < -0.3 is 4.57 Å². The van der Waals surface area contributed by atoms with E-state index in [9.17, 15) is 0 Å². The number of aromatic nitrogens is 2. The number of benzene rings is 1. The van der Waals surface area contributed by atoms with Crippen molar-refractivity contribution in [1.82, 2.24) is 9.55 Å². The third-order valence-corrected chi connectivity index (χ3v) is 8.06. The molecule has 0 bridgehead atoms. The molecular formula is C19H26N2S2. The first-order chi connectivity index (χ1) is 11.1. The Bertz CT molecular complexity index is 609. The zero-order valence-electron chi connectivity index (χ0n) is 14.3. The molecule has 2 aromatic rings. The summed E-state index contributed by atoms with van der Waals surface area (Å²) in [5.41, 5.74) is 4.21. The number of imidazole rings is 1. The van der Waals surface area contributed by atoms with Gasteiger partial charge in [0, 0.05) is 18.9 Å². The molecule has 1 fully saturated rings. The fourth-order valence-electron chi connectivity index (χ4n) is 3.25. The van der Waals surface area contributed by atoms with Gasteiger partial charge in [0.05, 0.1) is 10.4 Å². The summed E-state index contributed by atoms with van der Waals surface area (Å²) in [6, 6.07) is 6.98. The Morgan fingerprint density at radius 1 is 1.17 bits per heavy atom. The highest BCUT2D eigenvalue weighted by Crippen LogP contribution is 2.48. The summed E-state index contributed by atoms with van der Waals surface area (Å²) in [4.78, 5) is 4.23. The van der Waals surface area contributed by atoms with Gasteiger partial charge in [0.15, 0.2) is 0 Å². The third kappa shape index (κ3) is 4.36. The van der Waals surface area contributed by atoms with Crippen molar-refractivity contribution in [2.24, 2.45) is 5.92 Å². The van der Waals surface area contributed by atoms with Crippen LogP contribution in [0, 0.1) is 19.8 Å². The fourth-order valence-corrected chi connectivity index (χ4v) is 6.95. The van der Waals surface area contributed by atoms with Crippen LogP contribution in [-0.2, 0) is 13.0 Å². The normalized spacial score (nSPS) is 24.7. The second-order valence-corrected chi connectivity index (χ2v) is 9.78. The minimum absolute atomic E-state index is 0.229. The van der Waals surface area contributed by atoms with Crippen molar-refractivity contribution in [3.8, 4) is 0 Å². The van der Waals surface area contributed by atoms with Crippen LogP contribution < -0.4 is 0 Å². The van der Waals surface area contributed by atoms with Crippen LogP contribution in [0.5, 0.6) is 0 Å². The predicted molar refractivity (Wildman–Crippen MR) is 103 cm³/mol. The van der Waals surface area contributed by atoms with Gasteiger partial charge in [-0.2, -0.15) is 0 Å². The molecule has 1 saturated heterocycles. The summed E-state index contributed by atoms with van der Waals surface area (Å²) < 4.78 is 2.47. The summed E-state index contributed by atoms with van der Waals surface area (Å²) in [7, 11) is 0. The third-order valence-electron chi connectivity index (χ3n) is 4.48. The summed E-state index contributed by atoms with van der Waals surface area (Å²) >= 11 is 4.32. The first-order valence-corrected chi connectivity index (χ1v) is 10.4. The lowest BCUT2D eigenvalue weighted by atomic mass is 10.0. The monoisotopic (exact) mass is 346 g/mol. The summed E-state index contributed by atoms with van der Waals surface area (Å²) in [5.74, 6) is 3.42. The number of nitrogens with zero attached hydrogens (tertiary/aromatic N) is 2. The first kappa shape index (κ1) is 17.0. The Morgan fingerprint density at radius 2 is 1.87 bits per heavy atom. The van der Waals surface area contributed by atoms with Crippen molar-refractivity contribution in [1.29, 1.82) is 0 Å². The van der Waals surface area contributed by atoms with Gasteiger partial charge in [-0.25, -0.2) is 4.98 Å². The molecule has 0 saturated carbocycles. The van der Waals surface area contributed by atoms with E-state index in [0.717, 1.165) is 18.9 Å². The summed E-state index contributed by atoms with van der Waals surface area (Å²) in [6.07, 6.45) is 8.36. The van der Waals surface area contributed by atoms with Crippen molar-refractivity contribution in [2.45, 2.75) is 44.2 Å². The van der Waals surface area contributed by atoms with Crippen molar-refractivity contribution in [3.05, 3.63) is 53.6 Å². The molecule has 4 heteroatoms. The maximum absolute atomic E-state index is 4.23. The molecule has 0 N–H and O–H groups in total. The van der Waals surface area contributed by atoms with Crippen molar-refractivity contribution in [3.63, 3.8) is 0 Å². The van der Waals surface area contributed by atoms with E-state index in [2.05, 4.69) is 78.2 Å². The van der Waals surface area contributed by atoms with Gasteiger partial charge >= 0.3 is 0 Å². The molecule has 3 rings (SSSR count). The lowest BCUT2D eigenvalue weighted by Crippen LogP contribution is -2.35. The number of aryl methyl sites for hydroxylation is 2. The van der Waals surface area contributed by atoms with E-state index in [1.807, 2.05) is 12.5 Å². The van der Waals surface area contributed by atoms with Gasteiger partial charge in [-0.1, -0.05) is 42.7 Å². The van der Waals surface area contributed by atoms with E-state index >= 15 is 0 Å². The van der Waals surface area contributed by atoms with Crippen LogP contribution in [-0.4, -0.2) is 25.1 Å². The van der Waals surface area contributed by atoms with Gasteiger partial charge in [-0.05, 0) is 43.3 Å². The van der Waals surface area contributed by atoms with Crippen LogP contribution in [0.15, 0.2) is 36.9 Å². The highest BCUT2D eigenvalue weighted by atomic mass is 32.2. The SMILES string of the molecule is CCC1CSC(Cc2cc(C)cc(C)c2)(Cn2ccnc2)SC1. The molecule has 2 heterocycles. The van der Waals surface area contributed by atoms with E-state index in [-0.39, 0.29) is 4.08 Å². The molecule has 0 amide bonds. The minimum atomic E-state index is 0.229. The standard InChI is InChI=1S/C19H26N2S2/c1-4-17-11-22-19(23-12-17,13-21-6-5-20-14-21)10-18-8-15(2)7-16(3)9-18/h5-9,14,17H,4,10-13H2,1-3H3. The van der Waals surface area contributed by atoms with Gasteiger partial charge in [0.1, 0.15) is 0 Å². The highest BCUT2D eigenvalue weighted by Gasteiger charge is 2.37. The van der Waals surface area contributed by atoms with E-state index < -0.39 is 0 Å². The minimum Gasteiger partial charge on any atom is -0.335 e. The highest BCUT2D eigenvalue weighted by molar-refractivity contribution is 8.18. The molecule has 1 aromatic carbocycles. The maximum atomic E-state index is 4.23. The summed E-state index contributed by atoms with van der Waals surface area (Å²) in [6.45, 7) is 7.75. The average molecular weight is 347 g/mol. The Kier molecular flexibility index (Phi) is 5.42.